The molecular formula is C13H20FNO2. The fourth-order valence-corrected chi connectivity index (χ4v) is 1.32. The molecule has 0 saturated carbocycles. The highest BCUT2D eigenvalue weighted by Crippen LogP contribution is 2.20. The van der Waals surface area contributed by atoms with Crippen LogP contribution in [0, 0.1) is 5.92 Å². The third-order valence-corrected chi connectivity index (χ3v) is 2.47. The first-order chi connectivity index (χ1) is 8.30. The maximum atomic E-state index is 12.5. The summed E-state index contributed by atoms with van der Waals surface area (Å²) in [6, 6.07) is 7.31. The molecule has 17 heavy (non-hydrogen) atoms. The topological polar surface area (TPSA) is 44.5 Å². The molecule has 3 nitrogen and oxygen atoms in total. The summed E-state index contributed by atoms with van der Waals surface area (Å²) in [5.74, 6) is 1.39. The Hall–Kier alpha value is -1.29. The van der Waals surface area contributed by atoms with Gasteiger partial charge in [0.05, 0.1) is 13.3 Å². The van der Waals surface area contributed by atoms with Crippen molar-refractivity contribution in [2.75, 3.05) is 26.4 Å². The summed E-state index contributed by atoms with van der Waals surface area (Å²) in [5, 5.41) is 0. The van der Waals surface area contributed by atoms with Crippen LogP contribution in [0.15, 0.2) is 24.3 Å². The van der Waals surface area contributed by atoms with E-state index in [2.05, 4.69) is 0 Å². The van der Waals surface area contributed by atoms with Gasteiger partial charge in [-0.3, -0.25) is 4.39 Å². The van der Waals surface area contributed by atoms with E-state index in [9.17, 15) is 4.39 Å². The number of nitrogens with two attached hydrogens (primary N) is 1. The van der Waals surface area contributed by atoms with Gasteiger partial charge >= 0.3 is 0 Å². The Morgan fingerprint density at radius 1 is 1.29 bits per heavy atom. The van der Waals surface area contributed by atoms with Crippen LogP contribution in [0.25, 0.3) is 0 Å². The van der Waals surface area contributed by atoms with Gasteiger partial charge in [0.15, 0.2) is 0 Å². The predicted molar refractivity (Wildman–Crippen MR) is 66.2 cm³/mol. The molecule has 0 bridgehead atoms. The van der Waals surface area contributed by atoms with E-state index >= 15 is 0 Å². The molecule has 0 heterocycles. The minimum absolute atomic E-state index is 0.0383. The summed E-state index contributed by atoms with van der Waals surface area (Å²) in [7, 11) is 0. The van der Waals surface area contributed by atoms with Crippen LogP contribution in [0.1, 0.15) is 13.3 Å². The lowest BCUT2D eigenvalue weighted by atomic mass is 10.1. The third kappa shape index (κ3) is 5.04. The lowest BCUT2D eigenvalue weighted by molar-refractivity contribution is 0.211. The Kier molecular flexibility index (Phi) is 6.40. The molecule has 96 valence electrons. The maximum absolute atomic E-state index is 12.5. The molecule has 0 spiro atoms. The van der Waals surface area contributed by atoms with E-state index < -0.39 is 0 Å². The molecule has 0 saturated heterocycles. The molecule has 2 N–H and O–H groups in total. The number of ether oxygens (including phenoxy) is 2. The van der Waals surface area contributed by atoms with Crippen molar-refractivity contribution >= 4 is 0 Å². The largest absolute Gasteiger partial charge is 0.493 e. The molecule has 1 aromatic rings. The van der Waals surface area contributed by atoms with Gasteiger partial charge in [-0.05, 0) is 18.6 Å². The number of alkyl halides is 1. The summed E-state index contributed by atoms with van der Waals surface area (Å²) in [6.07, 6.45) is 0.778. The van der Waals surface area contributed by atoms with Gasteiger partial charge in [0.2, 0.25) is 0 Å². The van der Waals surface area contributed by atoms with Crippen molar-refractivity contribution in [3.05, 3.63) is 24.3 Å². The molecule has 1 atom stereocenters. The molecule has 0 aromatic heterocycles. The van der Waals surface area contributed by atoms with Crippen molar-refractivity contribution < 1.29 is 13.9 Å². The number of hydrogen-bond donors (Lipinski definition) is 1. The van der Waals surface area contributed by atoms with Gasteiger partial charge in [0, 0.05) is 18.5 Å². The van der Waals surface area contributed by atoms with Gasteiger partial charge in [-0.15, -0.1) is 0 Å². The predicted octanol–water partition coefficient (Wildman–Crippen LogP) is 2.40. The Labute approximate surface area is 102 Å². The van der Waals surface area contributed by atoms with E-state index in [4.69, 9.17) is 15.2 Å². The van der Waals surface area contributed by atoms with Gasteiger partial charge in [-0.1, -0.05) is 13.0 Å². The molecule has 0 fully saturated rings. The second-order valence-electron chi connectivity index (χ2n) is 3.85. The van der Waals surface area contributed by atoms with Gasteiger partial charge in [-0.25, -0.2) is 0 Å². The number of hydrogen-bond acceptors (Lipinski definition) is 3. The Morgan fingerprint density at radius 2 is 2.00 bits per heavy atom. The van der Waals surface area contributed by atoms with Crippen molar-refractivity contribution in [1.82, 2.24) is 0 Å². The standard InChI is InChI=1S/C13H20FNO2/c1-2-11(9-14)10-17-13-5-3-4-12(8-13)16-7-6-15/h3-5,8,11H,2,6-7,9-10,15H2,1H3. The Bertz CT molecular complexity index is 316. The molecule has 0 amide bonds. The summed E-state index contributed by atoms with van der Waals surface area (Å²) < 4.78 is 23.4. The molecular weight excluding hydrogens is 221 g/mol. The van der Waals surface area contributed by atoms with Crippen LogP contribution in [-0.4, -0.2) is 26.4 Å². The van der Waals surface area contributed by atoms with Gasteiger partial charge in [0.1, 0.15) is 18.1 Å². The van der Waals surface area contributed by atoms with Crippen molar-refractivity contribution in [3.8, 4) is 11.5 Å². The monoisotopic (exact) mass is 241 g/mol. The average molecular weight is 241 g/mol. The normalized spacial score (nSPS) is 12.2. The molecule has 1 unspecified atom stereocenters. The fourth-order valence-electron chi connectivity index (χ4n) is 1.32. The molecule has 0 radical (unpaired) electrons. The highest BCUT2D eigenvalue weighted by atomic mass is 19.1. The van der Waals surface area contributed by atoms with Crippen LogP contribution >= 0.6 is 0 Å². The Balaban J connectivity index is 2.47. The minimum atomic E-state index is -0.347. The van der Waals surface area contributed by atoms with Gasteiger partial charge < -0.3 is 15.2 Å². The molecule has 0 aliphatic heterocycles. The van der Waals surface area contributed by atoms with E-state index in [0.29, 0.717) is 25.5 Å². The number of halogens is 1. The van der Waals surface area contributed by atoms with Crippen LogP contribution in [0.2, 0.25) is 0 Å². The molecule has 1 rings (SSSR count). The first-order valence-electron chi connectivity index (χ1n) is 5.91. The second-order valence-corrected chi connectivity index (χ2v) is 3.85. The SMILES string of the molecule is CCC(CF)COc1cccc(OCCN)c1. The zero-order valence-electron chi connectivity index (χ0n) is 10.2. The third-order valence-electron chi connectivity index (χ3n) is 2.47. The van der Waals surface area contributed by atoms with Crippen LogP contribution < -0.4 is 15.2 Å². The minimum Gasteiger partial charge on any atom is -0.493 e. The lowest BCUT2D eigenvalue weighted by Crippen LogP contribution is -2.13. The highest BCUT2D eigenvalue weighted by molar-refractivity contribution is 5.32. The lowest BCUT2D eigenvalue weighted by Gasteiger charge is -2.13. The van der Waals surface area contributed by atoms with Crippen LogP contribution in [0.4, 0.5) is 4.39 Å². The van der Waals surface area contributed by atoms with Crippen molar-refractivity contribution in [1.29, 1.82) is 0 Å². The van der Waals surface area contributed by atoms with Crippen LogP contribution in [-0.2, 0) is 0 Å². The van der Waals surface area contributed by atoms with E-state index in [1.165, 1.54) is 0 Å². The zero-order valence-corrected chi connectivity index (χ0v) is 10.2. The van der Waals surface area contributed by atoms with Crippen LogP contribution in [0.3, 0.4) is 0 Å². The van der Waals surface area contributed by atoms with E-state index in [0.717, 1.165) is 12.2 Å². The van der Waals surface area contributed by atoms with Gasteiger partial charge in [0.25, 0.3) is 0 Å². The summed E-state index contributed by atoms with van der Waals surface area (Å²) in [6.45, 7) is 2.96. The summed E-state index contributed by atoms with van der Waals surface area (Å²) in [4.78, 5) is 0. The van der Waals surface area contributed by atoms with E-state index in [1.807, 2.05) is 25.1 Å². The van der Waals surface area contributed by atoms with E-state index in [-0.39, 0.29) is 12.6 Å². The van der Waals surface area contributed by atoms with Crippen molar-refractivity contribution in [3.63, 3.8) is 0 Å². The zero-order chi connectivity index (χ0) is 12.5. The van der Waals surface area contributed by atoms with Gasteiger partial charge in [-0.2, -0.15) is 0 Å². The first kappa shape index (κ1) is 13.8. The second kappa shape index (κ2) is 7.90. The molecule has 0 aliphatic rings. The summed E-state index contributed by atoms with van der Waals surface area (Å²) in [5.41, 5.74) is 5.35. The first-order valence-corrected chi connectivity index (χ1v) is 5.91. The number of rotatable bonds is 8. The average Bonchev–Trinajstić information content (AvgIpc) is 2.38. The molecule has 0 aliphatic carbocycles. The van der Waals surface area contributed by atoms with E-state index in [1.54, 1.807) is 6.07 Å². The fraction of sp³-hybridized carbons (Fsp3) is 0.538. The van der Waals surface area contributed by atoms with Crippen molar-refractivity contribution in [2.24, 2.45) is 11.7 Å². The smallest absolute Gasteiger partial charge is 0.123 e. The van der Waals surface area contributed by atoms with Crippen molar-refractivity contribution in [2.45, 2.75) is 13.3 Å². The summed E-state index contributed by atoms with van der Waals surface area (Å²) >= 11 is 0. The Morgan fingerprint density at radius 3 is 2.59 bits per heavy atom. The van der Waals surface area contributed by atoms with Crippen LogP contribution in [0.5, 0.6) is 11.5 Å². The maximum Gasteiger partial charge on any atom is 0.123 e. The number of benzene rings is 1. The quantitative estimate of drug-likeness (QED) is 0.760. The highest BCUT2D eigenvalue weighted by Gasteiger charge is 2.06. The molecule has 4 heteroatoms. The molecule has 1 aromatic carbocycles.